The number of halogens is 4. The number of nitrogens with zero attached hydrogens (tertiary/aromatic N) is 1. The second-order valence-corrected chi connectivity index (χ2v) is 3.73. The van der Waals surface area contributed by atoms with Gasteiger partial charge >= 0.3 is 12.1 Å². The van der Waals surface area contributed by atoms with Crippen molar-refractivity contribution in [3.8, 4) is 0 Å². The van der Waals surface area contributed by atoms with Gasteiger partial charge in [-0.1, -0.05) is 0 Å². The predicted molar refractivity (Wildman–Crippen MR) is 58.5 cm³/mol. The van der Waals surface area contributed by atoms with E-state index in [1.807, 2.05) is 0 Å². The minimum Gasteiger partial charge on any atom is -0.330 e. The summed E-state index contributed by atoms with van der Waals surface area (Å²) in [7, 11) is 0.805. The van der Waals surface area contributed by atoms with Crippen molar-refractivity contribution in [3.05, 3.63) is 35.1 Å². The van der Waals surface area contributed by atoms with E-state index in [1.54, 1.807) is 0 Å². The number of hydrogen-bond donors (Lipinski definition) is 1. The highest BCUT2D eigenvalue weighted by Gasteiger charge is 2.43. The number of benzene rings is 1. The Morgan fingerprint density at radius 2 is 1.90 bits per heavy atom. The zero-order chi connectivity index (χ0) is 15.5. The first kappa shape index (κ1) is 15.9. The zero-order valence-electron chi connectivity index (χ0n) is 10.2. The number of hydrogen-bond acceptors (Lipinski definition) is 4. The fourth-order valence-corrected chi connectivity index (χ4v) is 1.29. The van der Waals surface area contributed by atoms with Gasteiger partial charge in [-0.2, -0.15) is 18.2 Å². The Balaban J connectivity index is 2.89. The minimum atomic E-state index is -5.24. The number of amides is 1. The van der Waals surface area contributed by atoms with E-state index in [-0.39, 0.29) is 22.7 Å². The van der Waals surface area contributed by atoms with Crippen LogP contribution in [0.2, 0.25) is 0 Å². The van der Waals surface area contributed by atoms with Crippen molar-refractivity contribution in [1.29, 1.82) is 0 Å². The maximum Gasteiger partial charge on any atom is 0.493 e. The average Bonchev–Trinajstić information content (AvgIpc) is 2.35. The summed E-state index contributed by atoms with van der Waals surface area (Å²) >= 11 is 0. The highest BCUT2D eigenvalue weighted by atomic mass is 19.4. The summed E-state index contributed by atoms with van der Waals surface area (Å²) in [5.74, 6) is -4.45. The first-order chi connectivity index (χ1) is 9.15. The van der Waals surface area contributed by atoms with E-state index in [1.165, 1.54) is 6.07 Å². The number of nitrogens with two attached hydrogens (primary N) is 1. The Morgan fingerprint density at radius 3 is 2.40 bits per heavy atom. The molecule has 0 fully saturated rings. The lowest BCUT2D eigenvalue weighted by molar-refractivity contribution is -0.225. The van der Waals surface area contributed by atoms with Crippen LogP contribution in [0.1, 0.15) is 15.9 Å². The highest BCUT2D eigenvalue weighted by Crippen LogP contribution is 2.18. The van der Waals surface area contributed by atoms with E-state index in [0.29, 0.717) is 0 Å². The standard InChI is InChI=1S/C11H10F4N2O3/c1-17(20-10(19)11(13,14)15)9(18)7-2-6(5-16)3-8(12)4-7/h2-4H,5,16H2,1H3. The summed E-state index contributed by atoms with van der Waals surface area (Å²) in [6.45, 7) is -0.0654. The lowest BCUT2D eigenvalue weighted by Crippen LogP contribution is -2.36. The number of carbonyl (C=O) groups is 2. The van der Waals surface area contributed by atoms with Gasteiger partial charge in [0.05, 0.1) is 0 Å². The van der Waals surface area contributed by atoms with E-state index in [2.05, 4.69) is 4.84 Å². The summed E-state index contributed by atoms with van der Waals surface area (Å²) < 4.78 is 49.1. The topological polar surface area (TPSA) is 72.6 Å². The molecule has 1 aromatic rings. The van der Waals surface area contributed by atoms with Crippen LogP contribution in [-0.4, -0.2) is 30.2 Å². The van der Waals surface area contributed by atoms with E-state index >= 15 is 0 Å². The zero-order valence-corrected chi connectivity index (χ0v) is 10.2. The van der Waals surface area contributed by atoms with E-state index < -0.39 is 23.9 Å². The molecule has 0 aliphatic heterocycles. The molecule has 0 heterocycles. The van der Waals surface area contributed by atoms with Crippen LogP contribution in [0.4, 0.5) is 17.6 Å². The Labute approximate surface area is 110 Å². The van der Waals surface area contributed by atoms with Crippen LogP contribution < -0.4 is 5.73 Å². The molecule has 1 amide bonds. The first-order valence-electron chi connectivity index (χ1n) is 5.22. The fraction of sp³-hybridized carbons (Fsp3) is 0.273. The number of rotatable bonds is 2. The smallest absolute Gasteiger partial charge is 0.330 e. The number of hydroxylamine groups is 2. The van der Waals surface area contributed by atoms with Crippen molar-refractivity contribution in [2.45, 2.75) is 12.7 Å². The minimum absolute atomic E-state index is 0.0654. The molecule has 0 bridgehead atoms. The molecule has 0 spiro atoms. The Bertz CT molecular complexity index is 531. The van der Waals surface area contributed by atoms with E-state index in [4.69, 9.17) is 5.73 Å². The van der Waals surface area contributed by atoms with E-state index in [0.717, 1.165) is 19.2 Å². The fourth-order valence-electron chi connectivity index (χ4n) is 1.29. The van der Waals surface area contributed by atoms with Gasteiger partial charge in [0, 0.05) is 19.2 Å². The van der Waals surface area contributed by atoms with Gasteiger partial charge in [-0.15, -0.1) is 0 Å². The van der Waals surface area contributed by atoms with Gasteiger partial charge in [-0.05, 0) is 23.8 Å². The van der Waals surface area contributed by atoms with Crippen LogP contribution in [0.5, 0.6) is 0 Å². The van der Waals surface area contributed by atoms with Crippen LogP contribution in [0.15, 0.2) is 18.2 Å². The Morgan fingerprint density at radius 1 is 1.30 bits per heavy atom. The molecule has 0 saturated carbocycles. The van der Waals surface area contributed by atoms with Gasteiger partial charge < -0.3 is 10.6 Å². The molecule has 0 saturated heterocycles. The summed E-state index contributed by atoms with van der Waals surface area (Å²) in [4.78, 5) is 26.1. The van der Waals surface area contributed by atoms with Crippen molar-refractivity contribution < 1.29 is 32.0 Å². The molecule has 0 atom stereocenters. The molecule has 0 aliphatic rings. The van der Waals surface area contributed by atoms with Gasteiger partial charge in [0.1, 0.15) is 5.82 Å². The van der Waals surface area contributed by atoms with Crippen LogP contribution in [0.25, 0.3) is 0 Å². The molecule has 0 aromatic heterocycles. The third-order valence-electron chi connectivity index (χ3n) is 2.18. The SMILES string of the molecule is CN(OC(=O)C(F)(F)F)C(=O)c1cc(F)cc(CN)c1. The van der Waals surface area contributed by atoms with Crippen molar-refractivity contribution in [2.75, 3.05) is 7.05 Å². The molecule has 0 aliphatic carbocycles. The molecule has 0 radical (unpaired) electrons. The molecule has 1 rings (SSSR count). The summed E-state index contributed by atoms with van der Waals surface area (Å²) in [6, 6.07) is 3.04. The third kappa shape index (κ3) is 3.92. The van der Waals surface area contributed by atoms with Crippen LogP contribution in [0.3, 0.4) is 0 Å². The van der Waals surface area contributed by atoms with Gasteiger partial charge in [-0.3, -0.25) is 4.79 Å². The van der Waals surface area contributed by atoms with E-state index in [9.17, 15) is 27.2 Å². The van der Waals surface area contributed by atoms with Gasteiger partial charge in [0.25, 0.3) is 5.91 Å². The molecule has 110 valence electrons. The molecule has 1 aromatic carbocycles. The maximum atomic E-state index is 13.2. The highest BCUT2D eigenvalue weighted by molar-refractivity contribution is 5.94. The van der Waals surface area contributed by atoms with Crippen molar-refractivity contribution in [3.63, 3.8) is 0 Å². The Hall–Kier alpha value is -2.16. The molecule has 9 heteroatoms. The molecule has 20 heavy (non-hydrogen) atoms. The third-order valence-corrected chi connectivity index (χ3v) is 2.18. The normalized spacial score (nSPS) is 11.1. The quantitative estimate of drug-likeness (QED) is 0.660. The van der Waals surface area contributed by atoms with Gasteiger partial charge in [0.15, 0.2) is 0 Å². The molecule has 2 N–H and O–H groups in total. The van der Waals surface area contributed by atoms with Crippen LogP contribution in [0, 0.1) is 5.82 Å². The maximum absolute atomic E-state index is 13.2. The molecular weight excluding hydrogens is 284 g/mol. The van der Waals surface area contributed by atoms with Crippen LogP contribution >= 0.6 is 0 Å². The Kier molecular flexibility index (Phi) is 4.66. The monoisotopic (exact) mass is 294 g/mol. The van der Waals surface area contributed by atoms with Gasteiger partial charge in [-0.25, -0.2) is 9.18 Å². The summed E-state index contributed by atoms with van der Waals surface area (Å²) in [6.07, 6.45) is -5.24. The average molecular weight is 294 g/mol. The molecule has 0 unspecified atom stereocenters. The van der Waals surface area contributed by atoms with Crippen molar-refractivity contribution in [2.24, 2.45) is 5.73 Å². The van der Waals surface area contributed by atoms with Crippen molar-refractivity contribution >= 4 is 11.9 Å². The lowest BCUT2D eigenvalue weighted by Gasteiger charge is -2.17. The predicted octanol–water partition coefficient (Wildman–Crippen LogP) is 1.38. The number of carbonyl (C=O) groups excluding carboxylic acids is 2. The summed E-state index contributed by atoms with van der Waals surface area (Å²) in [5.41, 5.74) is 5.25. The molecular formula is C11H10F4N2O3. The van der Waals surface area contributed by atoms with Crippen molar-refractivity contribution in [1.82, 2.24) is 5.06 Å². The first-order valence-corrected chi connectivity index (χ1v) is 5.22. The summed E-state index contributed by atoms with van der Waals surface area (Å²) in [5, 5.41) is 0.0743. The largest absolute Gasteiger partial charge is 0.493 e. The van der Waals surface area contributed by atoms with Crippen LogP contribution in [-0.2, 0) is 16.2 Å². The lowest BCUT2D eigenvalue weighted by atomic mass is 10.1. The van der Waals surface area contributed by atoms with Gasteiger partial charge in [0.2, 0.25) is 0 Å². The number of alkyl halides is 3. The second-order valence-electron chi connectivity index (χ2n) is 3.73. The molecule has 5 nitrogen and oxygen atoms in total. The second kappa shape index (κ2) is 5.87.